The fourth-order valence-electron chi connectivity index (χ4n) is 2.96. The number of fused-ring (bicyclic) bond motifs is 1. The van der Waals surface area contributed by atoms with Crippen LogP contribution in [0, 0.1) is 0 Å². The summed E-state index contributed by atoms with van der Waals surface area (Å²) >= 11 is 0. The number of nitrogens with two attached hydrogens (primary N) is 1. The molecule has 0 amide bonds. The number of nitrogens with zero attached hydrogens (tertiary/aromatic N) is 2. The van der Waals surface area contributed by atoms with Gasteiger partial charge in [0.1, 0.15) is 11.3 Å². The van der Waals surface area contributed by atoms with E-state index in [1.807, 2.05) is 28.9 Å². The van der Waals surface area contributed by atoms with Crippen LogP contribution in [0.15, 0.2) is 48.5 Å². The molecule has 118 valence electrons. The molecule has 23 heavy (non-hydrogen) atoms. The zero-order valence-corrected chi connectivity index (χ0v) is 13.1. The van der Waals surface area contributed by atoms with Crippen LogP contribution in [0.3, 0.4) is 0 Å². The molecule has 4 rings (SSSR count). The van der Waals surface area contributed by atoms with Crippen molar-refractivity contribution in [1.82, 2.24) is 9.78 Å². The first kappa shape index (κ1) is 14.3. The third-order valence-electron chi connectivity index (χ3n) is 4.27. The van der Waals surface area contributed by atoms with Crippen molar-refractivity contribution in [1.29, 1.82) is 0 Å². The molecule has 1 heterocycles. The van der Waals surface area contributed by atoms with Gasteiger partial charge < -0.3 is 10.5 Å². The molecule has 2 aromatic carbocycles. The second kappa shape index (κ2) is 6.05. The van der Waals surface area contributed by atoms with Crippen LogP contribution < -0.4 is 10.5 Å². The lowest BCUT2D eigenvalue weighted by Gasteiger charge is -2.09. The van der Waals surface area contributed by atoms with Gasteiger partial charge in [-0.05, 0) is 44.0 Å². The maximum Gasteiger partial charge on any atom is 0.145 e. The van der Waals surface area contributed by atoms with Crippen LogP contribution in [0.2, 0.25) is 0 Å². The van der Waals surface area contributed by atoms with Crippen LogP contribution in [0.4, 0.5) is 0 Å². The van der Waals surface area contributed by atoms with E-state index < -0.39 is 0 Å². The summed E-state index contributed by atoms with van der Waals surface area (Å²) in [5, 5.41) is 6.13. The highest BCUT2D eigenvalue weighted by molar-refractivity contribution is 5.89. The van der Waals surface area contributed by atoms with Crippen LogP contribution in [0.25, 0.3) is 16.6 Å². The zero-order chi connectivity index (χ0) is 15.6. The quantitative estimate of drug-likeness (QED) is 0.708. The fraction of sp³-hybridized carbons (Fsp3) is 0.316. The van der Waals surface area contributed by atoms with E-state index in [-0.39, 0.29) is 0 Å². The Morgan fingerprint density at radius 1 is 1.09 bits per heavy atom. The Morgan fingerprint density at radius 2 is 1.91 bits per heavy atom. The third kappa shape index (κ3) is 2.70. The first-order valence-electron chi connectivity index (χ1n) is 8.28. The lowest BCUT2D eigenvalue weighted by atomic mass is 10.1. The molecule has 0 saturated heterocycles. The average molecular weight is 307 g/mol. The second-order valence-corrected chi connectivity index (χ2v) is 6.05. The van der Waals surface area contributed by atoms with E-state index in [0.717, 1.165) is 23.4 Å². The molecule has 1 fully saturated rings. The Balaban J connectivity index is 1.86. The lowest BCUT2D eigenvalue weighted by molar-refractivity contribution is 0.316. The number of benzene rings is 2. The molecule has 2 N–H and O–H groups in total. The molecule has 0 bridgehead atoms. The summed E-state index contributed by atoms with van der Waals surface area (Å²) < 4.78 is 8.02. The Bertz CT molecular complexity index is 806. The largest absolute Gasteiger partial charge is 0.491 e. The van der Waals surface area contributed by atoms with Gasteiger partial charge in [0, 0.05) is 11.3 Å². The van der Waals surface area contributed by atoms with E-state index in [0.29, 0.717) is 19.1 Å². The van der Waals surface area contributed by atoms with Crippen molar-refractivity contribution >= 4 is 10.9 Å². The molecule has 0 spiro atoms. The first-order valence-corrected chi connectivity index (χ1v) is 8.28. The van der Waals surface area contributed by atoms with Crippen molar-refractivity contribution in [2.75, 3.05) is 13.2 Å². The summed E-state index contributed by atoms with van der Waals surface area (Å²) in [6.07, 6.45) is 3.32. The van der Waals surface area contributed by atoms with Crippen molar-refractivity contribution in [2.24, 2.45) is 5.73 Å². The van der Waals surface area contributed by atoms with Gasteiger partial charge in [0.05, 0.1) is 18.0 Å². The normalized spacial score (nSPS) is 14.3. The van der Waals surface area contributed by atoms with Gasteiger partial charge in [-0.25, -0.2) is 4.68 Å². The van der Waals surface area contributed by atoms with Gasteiger partial charge in [-0.15, -0.1) is 0 Å². The number of ether oxygens (including phenoxy) is 1. The van der Waals surface area contributed by atoms with Crippen LogP contribution in [0.1, 0.15) is 30.9 Å². The summed E-state index contributed by atoms with van der Waals surface area (Å²) in [5.74, 6) is 1.49. The Kier molecular flexibility index (Phi) is 3.75. The molecule has 1 aliphatic rings. The van der Waals surface area contributed by atoms with E-state index in [1.54, 1.807) is 0 Å². The molecule has 0 atom stereocenters. The molecule has 4 heteroatoms. The van der Waals surface area contributed by atoms with Crippen molar-refractivity contribution in [3.63, 3.8) is 0 Å². The number of hydrogen-bond donors (Lipinski definition) is 1. The molecular weight excluding hydrogens is 286 g/mol. The summed E-state index contributed by atoms with van der Waals surface area (Å²) in [4.78, 5) is 0. The zero-order valence-electron chi connectivity index (χ0n) is 13.1. The van der Waals surface area contributed by atoms with E-state index in [2.05, 4.69) is 24.3 Å². The van der Waals surface area contributed by atoms with Gasteiger partial charge >= 0.3 is 0 Å². The minimum absolute atomic E-state index is 0.599. The van der Waals surface area contributed by atoms with Crippen LogP contribution in [-0.4, -0.2) is 22.9 Å². The predicted molar refractivity (Wildman–Crippen MR) is 92.2 cm³/mol. The molecule has 4 nitrogen and oxygen atoms in total. The minimum atomic E-state index is 0.599. The van der Waals surface area contributed by atoms with Crippen LogP contribution >= 0.6 is 0 Å². The molecule has 1 saturated carbocycles. The van der Waals surface area contributed by atoms with E-state index in [9.17, 15) is 0 Å². The van der Waals surface area contributed by atoms with Crippen LogP contribution in [0.5, 0.6) is 5.75 Å². The van der Waals surface area contributed by atoms with Crippen molar-refractivity contribution in [2.45, 2.75) is 25.2 Å². The van der Waals surface area contributed by atoms with Gasteiger partial charge in [0.2, 0.25) is 0 Å². The number of aromatic nitrogens is 2. The Hall–Kier alpha value is -2.33. The highest BCUT2D eigenvalue weighted by atomic mass is 16.5. The number of para-hydroxylation sites is 2. The van der Waals surface area contributed by atoms with Gasteiger partial charge in [-0.2, -0.15) is 5.10 Å². The van der Waals surface area contributed by atoms with Gasteiger partial charge in [-0.1, -0.05) is 30.3 Å². The molecule has 3 aromatic rings. The maximum absolute atomic E-state index is 5.99. The van der Waals surface area contributed by atoms with Crippen LogP contribution in [-0.2, 0) is 0 Å². The topological polar surface area (TPSA) is 53.1 Å². The highest BCUT2D eigenvalue weighted by Crippen LogP contribution is 2.44. The molecule has 0 radical (unpaired) electrons. The first-order chi connectivity index (χ1) is 11.4. The second-order valence-electron chi connectivity index (χ2n) is 6.05. The van der Waals surface area contributed by atoms with Crippen molar-refractivity contribution < 1.29 is 4.74 Å². The van der Waals surface area contributed by atoms with Crippen molar-refractivity contribution in [3.05, 3.63) is 54.2 Å². The minimum Gasteiger partial charge on any atom is -0.491 e. The molecular formula is C19H21N3O. The molecule has 1 aliphatic carbocycles. The van der Waals surface area contributed by atoms with E-state index in [1.165, 1.54) is 23.9 Å². The van der Waals surface area contributed by atoms with Gasteiger partial charge in [0.25, 0.3) is 0 Å². The maximum atomic E-state index is 5.99. The average Bonchev–Trinajstić information content (AvgIpc) is 3.36. The summed E-state index contributed by atoms with van der Waals surface area (Å²) in [7, 11) is 0. The summed E-state index contributed by atoms with van der Waals surface area (Å²) in [6.45, 7) is 1.27. The smallest absolute Gasteiger partial charge is 0.145 e. The predicted octanol–water partition coefficient (Wildman–Crippen LogP) is 3.63. The highest BCUT2D eigenvalue weighted by Gasteiger charge is 2.30. The number of hydrogen-bond acceptors (Lipinski definition) is 3. The standard InChI is InChI=1S/C19H21N3O/c20-12-5-13-23-17-9-4-8-16-18(14-10-11-14)21-22(19(16)17)15-6-2-1-3-7-15/h1-4,6-9,14H,5,10-13,20H2. The summed E-state index contributed by atoms with van der Waals surface area (Å²) in [6, 6.07) is 16.5. The molecule has 0 aliphatic heterocycles. The monoisotopic (exact) mass is 307 g/mol. The Morgan fingerprint density at radius 3 is 2.65 bits per heavy atom. The number of rotatable bonds is 6. The van der Waals surface area contributed by atoms with E-state index >= 15 is 0 Å². The molecule has 0 unspecified atom stereocenters. The summed E-state index contributed by atoms with van der Waals surface area (Å²) in [5.41, 5.74) is 8.92. The van der Waals surface area contributed by atoms with Gasteiger partial charge in [-0.3, -0.25) is 0 Å². The fourth-order valence-corrected chi connectivity index (χ4v) is 2.96. The van der Waals surface area contributed by atoms with Crippen molar-refractivity contribution in [3.8, 4) is 11.4 Å². The van der Waals surface area contributed by atoms with Gasteiger partial charge in [0.15, 0.2) is 0 Å². The SMILES string of the molecule is NCCCOc1cccc2c(C3CC3)nn(-c3ccccc3)c12. The molecule has 1 aromatic heterocycles. The Labute approximate surface area is 135 Å². The van der Waals surface area contributed by atoms with E-state index in [4.69, 9.17) is 15.6 Å². The lowest BCUT2D eigenvalue weighted by Crippen LogP contribution is -2.07. The third-order valence-corrected chi connectivity index (χ3v) is 4.27.